The van der Waals surface area contributed by atoms with Crippen LogP contribution in [-0.2, 0) is 30.3 Å². The number of hydrogen-bond acceptors (Lipinski definition) is 4. The fraction of sp³-hybridized carbons (Fsp3) is 0.167. The Morgan fingerprint density at radius 3 is 2.21 bits per heavy atom. The normalized spacial score (nSPS) is 14.8. The Balaban J connectivity index is 0.000000396. The number of aliphatic hydroxyl groups excluding tert-OH is 1. The van der Waals surface area contributed by atoms with Crippen molar-refractivity contribution in [3.05, 3.63) is 127 Å². The summed E-state index contributed by atoms with van der Waals surface area (Å²) >= 11 is 0. The summed E-state index contributed by atoms with van der Waals surface area (Å²) in [6, 6.07) is 32.3. The molecule has 2 aliphatic rings. The number of nitrogens with zero attached hydrogens (tertiary/aromatic N) is 3. The smallest absolute Gasteiger partial charge is 0.155 e. The molecule has 4 aromatic carbocycles. The Kier molecular flexibility index (Phi) is 7.89. The quantitative estimate of drug-likeness (QED) is 0.115. The molecule has 1 aromatic heterocycles. The zero-order chi connectivity index (χ0) is 28.9. The Morgan fingerprint density at radius 2 is 1.57 bits per heavy atom. The second kappa shape index (κ2) is 11.3. The molecule has 6 heteroatoms. The Morgan fingerprint density at radius 1 is 0.881 bits per heavy atom. The van der Waals surface area contributed by atoms with E-state index in [4.69, 9.17) is 5.11 Å². The van der Waals surface area contributed by atoms with E-state index in [2.05, 4.69) is 132 Å². The number of hydrogen-bond donors (Lipinski definition) is 1. The zero-order valence-electron chi connectivity index (χ0n) is 24.3. The molecule has 1 aliphatic carbocycles. The molecule has 5 nitrogen and oxygen atoms in total. The van der Waals surface area contributed by atoms with Gasteiger partial charge >= 0.3 is 0 Å². The van der Waals surface area contributed by atoms with E-state index < -0.39 is 0 Å². The number of allylic oxidation sites excluding steroid dienone is 2. The summed E-state index contributed by atoms with van der Waals surface area (Å²) in [7, 11) is 2.04. The Hall–Kier alpha value is -4.12. The molecule has 0 bridgehead atoms. The third-order valence-electron chi connectivity index (χ3n) is 7.86. The number of para-hydroxylation sites is 1. The number of anilines is 1. The van der Waals surface area contributed by atoms with Gasteiger partial charge in [0.15, 0.2) is 5.78 Å². The van der Waals surface area contributed by atoms with Crippen LogP contribution in [0, 0.1) is 12.7 Å². The molecule has 0 spiro atoms. The SMILES string of the molecule is CC(=O)/C=C(/C)O.CN1C=CN(c2[c-]cc3c(c2)c2cc4c(cc2n3-c2ccccc2)C(C)(C)c2ccccc2-4)[CH-]1.[Ir]. The number of fused-ring (bicyclic) bond motifs is 6. The maximum Gasteiger partial charge on any atom is 0.155 e. The average molecular weight is 732 g/mol. The van der Waals surface area contributed by atoms with Gasteiger partial charge in [-0.05, 0) is 85.2 Å². The molecule has 1 aliphatic heterocycles. The van der Waals surface area contributed by atoms with Gasteiger partial charge in [-0.15, -0.1) is 17.1 Å². The summed E-state index contributed by atoms with van der Waals surface area (Å²) in [6.07, 6.45) is 5.29. The molecule has 2 heterocycles. The Bertz CT molecular complexity index is 1860. The number of carbonyl (C=O) groups excluding carboxylic acids is 1. The first-order chi connectivity index (χ1) is 19.6. The minimum absolute atomic E-state index is 0. The molecule has 42 heavy (non-hydrogen) atoms. The largest absolute Gasteiger partial charge is 0.512 e. The number of ketones is 1. The van der Waals surface area contributed by atoms with Crippen LogP contribution in [0.5, 0.6) is 0 Å². The van der Waals surface area contributed by atoms with Crippen molar-refractivity contribution in [2.45, 2.75) is 33.1 Å². The molecule has 215 valence electrons. The summed E-state index contributed by atoms with van der Waals surface area (Å²) < 4.78 is 2.39. The first kappa shape index (κ1) is 29.4. The van der Waals surface area contributed by atoms with Crippen LogP contribution in [-0.4, -0.2) is 27.4 Å². The molecule has 7 rings (SSSR count). The van der Waals surface area contributed by atoms with Gasteiger partial charge in [0, 0.05) is 42.8 Å². The van der Waals surface area contributed by atoms with Crippen LogP contribution in [0.25, 0.3) is 38.6 Å². The Labute approximate surface area is 260 Å². The summed E-state index contributed by atoms with van der Waals surface area (Å²) in [5.74, 6) is -0.0625. The van der Waals surface area contributed by atoms with Gasteiger partial charge in [-0.2, -0.15) is 18.8 Å². The van der Waals surface area contributed by atoms with Gasteiger partial charge in [-0.25, -0.2) is 0 Å². The first-order valence-corrected chi connectivity index (χ1v) is 13.8. The minimum atomic E-state index is -0.125. The van der Waals surface area contributed by atoms with E-state index in [-0.39, 0.29) is 37.1 Å². The third kappa shape index (κ3) is 5.06. The molecule has 5 aromatic rings. The van der Waals surface area contributed by atoms with Crippen LogP contribution in [0.4, 0.5) is 5.69 Å². The molecule has 1 radical (unpaired) electrons. The van der Waals surface area contributed by atoms with E-state index in [1.165, 1.54) is 69.7 Å². The van der Waals surface area contributed by atoms with E-state index in [1.807, 2.05) is 7.05 Å². The molecular weight excluding hydrogens is 699 g/mol. The van der Waals surface area contributed by atoms with Gasteiger partial charge in [-0.3, -0.25) is 4.79 Å². The minimum Gasteiger partial charge on any atom is -0.512 e. The number of rotatable bonds is 3. The van der Waals surface area contributed by atoms with Crippen molar-refractivity contribution in [1.82, 2.24) is 9.47 Å². The average Bonchev–Trinajstić information content (AvgIpc) is 3.58. The van der Waals surface area contributed by atoms with E-state index in [9.17, 15) is 4.79 Å². The van der Waals surface area contributed by atoms with E-state index >= 15 is 0 Å². The maximum atomic E-state index is 10.0. The second-order valence-electron chi connectivity index (χ2n) is 11.3. The number of benzene rings is 4. The molecule has 0 atom stereocenters. The molecule has 0 unspecified atom stereocenters. The van der Waals surface area contributed by atoms with Crippen molar-refractivity contribution in [2.24, 2.45) is 0 Å². The molecule has 0 fully saturated rings. The molecule has 0 saturated carbocycles. The molecule has 0 amide bonds. The fourth-order valence-corrected chi connectivity index (χ4v) is 6.03. The van der Waals surface area contributed by atoms with Crippen LogP contribution in [0.2, 0.25) is 0 Å². The van der Waals surface area contributed by atoms with Crippen molar-refractivity contribution >= 4 is 33.3 Å². The number of aromatic nitrogens is 1. The molecule has 0 saturated heterocycles. The van der Waals surface area contributed by atoms with Crippen molar-refractivity contribution in [2.75, 3.05) is 11.9 Å². The number of carbonyl (C=O) groups is 1. The summed E-state index contributed by atoms with van der Waals surface area (Å²) in [5.41, 5.74) is 10.1. The topological polar surface area (TPSA) is 48.7 Å². The predicted octanol–water partition coefficient (Wildman–Crippen LogP) is 8.27. The molecular formula is C36H33IrN3O2-2. The van der Waals surface area contributed by atoms with E-state index in [1.54, 1.807) is 0 Å². The number of aliphatic hydroxyl groups is 1. The maximum absolute atomic E-state index is 10.0. The van der Waals surface area contributed by atoms with Gasteiger partial charge in [0.05, 0.1) is 5.76 Å². The van der Waals surface area contributed by atoms with Gasteiger partial charge in [0.2, 0.25) is 0 Å². The van der Waals surface area contributed by atoms with Crippen molar-refractivity contribution in [3.63, 3.8) is 0 Å². The van der Waals surface area contributed by atoms with Crippen LogP contribution in [0.1, 0.15) is 38.8 Å². The van der Waals surface area contributed by atoms with E-state index in [0.29, 0.717) is 0 Å². The van der Waals surface area contributed by atoms with Gasteiger partial charge in [0.1, 0.15) is 0 Å². The van der Waals surface area contributed by atoms with Gasteiger partial charge in [-0.1, -0.05) is 61.8 Å². The first-order valence-electron chi connectivity index (χ1n) is 13.8. The van der Waals surface area contributed by atoms with Gasteiger partial charge in [0.25, 0.3) is 0 Å². The van der Waals surface area contributed by atoms with Gasteiger partial charge < -0.3 is 19.5 Å². The zero-order valence-corrected chi connectivity index (χ0v) is 26.7. The third-order valence-corrected chi connectivity index (χ3v) is 7.86. The van der Waals surface area contributed by atoms with Crippen LogP contribution in [0.15, 0.2) is 103 Å². The van der Waals surface area contributed by atoms with Crippen LogP contribution >= 0.6 is 0 Å². The fourth-order valence-electron chi connectivity index (χ4n) is 6.03. The molecule has 1 N–H and O–H groups in total. The summed E-state index contributed by atoms with van der Waals surface area (Å²) in [6.45, 7) is 9.61. The summed E-state index contributed by atoms with van der Waals surface area (Å²) in [4.78, 5) is 14.2. The monoisotopic (exact) mass is 732 g/mol. The van der Waals surface area contributed by atoms with Crippen LogP contribution in [0.3, 0.4) is 0 Å². The standard InChI is InChI=1S/C31H25N3.C5H8O2.Ir/c1-31(2)27-12-8-7-11-23(27)24-18-26-25-17-22(33-16-15-32(3)20-33)13-14-29(25)34(30(26)19-28(24)31)21-9-5-4-6-10-21;1-4(6)3-5(2)7;/h4-12,14-20H,1-3H3;3,6H,1-2H3;/q-2;;/b;4-3-;. The van der Waals surface area contributed by atoms with Crippen molar-refractivity contribution in [1.29, 1.82) is 0 Å². The van der Waals surface area contributed by atoms with E-state index in [0.717, 1.165) is 5.69 Å². The van der Waals surface area contributed by atoms with Crippen molar-refractivity contribution in [3.8, 4) is 16.8 Å². The van der Waals surface area contributed by atoms with Crippen LogP contribution < -0.4 is 4.90 Å². The van der Waals surface area contributed by atoms with Crippen molar-refractivity contribution < 1.29 is 30.0 Å². The second-order valence-corrected chi connectivity index (χ2v) is 11.3. The summed E-state index contributed by atoms with van der Waals surface area (Å²) in [5, 5.41) is 10.9. The predicted molar refractivity (Wildman–Crippen MR) is 168 cm³/mol.